The molecule has 0 aliphatic carbocycles. The summed E-state index contributed by atoms with van der Waals surface area (Å²) >= 11 is 1.26. The fourth-order valence-corrected chi connectivity index (χ4v) is 4.50. The summed E-state index contributed by atoms with van der Waals surface area (Å²) in [7, 11) is 0. The summed E-state index contributed by atoms with van der Waals surface area (Å²) in [5, 5.41) is 3.99. The van der Waals surface area contributed by atoms with Crippen molar-refractivity contribution in [3.63, 3.8) is 0 Å². The van der Waals surface area contributed by atoms with Crippen molar-refractivity contribution in [1.82, 2.24) is 9.55 Å². The molecule has 3 aromatic carbocycles. The molecule has 1 heterocycles. The van der Waals surface area contributed by atoms with Crippen LogP contribution in [0.2, 0.25) is 0 Å². The van der Waals surface area contributed by atoms with Gasteiger partial charge < -0.3 is 5.32 Å². The van der Waals surface area contributed by atoms with Crippen molar-refractivity contribution in [2.24, 2.45) is 0 Å². The molecule has 6 heteroatoms. The molecule has 0 saturated heterocycles. The number of rotatable bonds is 6. The minimum atomic E-state index is -0.143. The summed E-state index contributed by atoms with van der Waals surface area (Å²) in [5.74, 6) is 0.000413. The molecule has 0 saturated carbocycles. The van der Waals surface area contributed by atoms with Gasteiger partial charge in [-0.2, -0.15) is 0 Å². The Morgan fingerprint density at radius 2 is 1.69 bits per heavy atom. The van der Waals surface area contributed by atoms with E-state index in [0.29, 0.717) is 16.1 Å². The lowest BCUT2D eigenvalue weighted by Crippen LogP contribution is -2.23. The summed E-state index contributed by atoms with van der Waals surface area (Å²) in [5.41, 5.74) is 5.36. The molecule has 162 valence electrons. The van der Waals surface area contributed by atoms with Crippen molar-refractivity contribution >= 4 is 34.3 Å². The van der Waals surface area contributed by atoms with E-state index in [9.17, 15) is 9.59 Å². The van der Waals surface area contributed by atoms with Crippen LogP contribution in [0.4, 0.5) is 5.69 Å². The zero-order chi connectivity index (χ0) is 22.7. The molecule has 0 unspecified atom stereocenters. The highest BCUT2D eigenvalue weighted by Gasteiger charge is 2.15. The maximum absolute atomic E-state index is 13.3. The van der Waals surface area contributed by atoms with Crippen molar-refractivity contribution in [3.8, 4) is 5.69 Å². The third-order valence-corrected chi connectivity index (χ3v) is 6.12. The van der Waals surface area contributed by atoms with Crippen LogP contribution in [0.15, 0.2) is 76.7 Å². The van der Waals surface area contributed by atoms with E-state index in [1.54, 1.807) is 10.6 Å². The van der Waals surface area contributed by atoms with Crippen LogP contribution in [0.3, 0.4) is 0 Å². The Labute approximate surface area is 191 Å². The molecule has 0 fully saturated rings. The average molecular weight is 444 g/mol. The number of carbonyl (C=O) groups is 1. The molecule has 5 nitrogen and oxygen atoms in total. The normalized spacial score (nSPS) is 11.0. The molecule has 4 aromatic rings. The summed E-state index contributed by atoms with van der Waals surface area (Å²) in [6.45, 7) is 6.09. The summed E-state index contributed by atoms with van der Waals surface area (Å²) in [6, 6.07) is 21.1. The van der Waals surface area contributed by atoms with Crippen LogP contribution in [-0.2, 0) is 11.2 Å². The van der Waals surface area contributed by atoms with Crippen molar-refractivity contribution in [3.05, 3.63) is 93.8 Å². The number of benzene rings is 3. The second-order valence-corrected chi connectivity index (χ2v) is 8.73. The van der Waals surface area contributed by atoms with E-state index in [4.69, 9.17) is 4.98 Å². The number of fused-ring (bicyclic) bond motifs is 1. The van der Waals surface area contributed by atoms with Gasteiger partial charge in [-0.25, -0.2) is 4.98 Å². The Kier molecular flexibility index (Phi) is 6.42. The molecule has 1 aromatic heterocycles. The molecule has 0 aliphatic rings. The van der Waals surface area contributed by atoms with Crippen LogP contribution in [0.5, 0.6) is 0 Å². The molecular formula is C26H25N3O2S. The third kappa shape index (κ3) is 4.75. The number of hydrogen-bond donors (Lipinski definition) is 1. The molecule has 1 N–H and O–H groups in total. The number of hydrogen-bond acceptors (Lipinski definition) is 4. The van der Waals surface area contributed by atoms with Gasteiger partial charge in [-0.3, -0.25) is 14.2 Å². The van der Waals surface area contributed by atoms with Gasteiger partial charge in [-0.05, 0) is 73.4 Å². The number of nitrogens with one attached hydrogen (secondary N) is 1. The monoisotopic (exact) mass is 443 g/mol. The molecule has 0 bridgehead atoms. The second-order valence-electron chi connectivity index (χ2n) is 7.79. The first kappa shape index (κ1) is 21.8. The van der Waals surface area contributed by atoms with Crippen LogP contribution in [0.1, 0.15) is 23.6 Å². The van der Waals surface area contributed by atoms with Crippen LogP contribution in [-0.4, -0.2) is 21.2 Å². The van der Waals surface area contributed by atoms with E-state index in [0.717, 1.165) is 28.9 Å². The molecule has 0 spiro atoms. The fourth-order valence-electron chi connectivity index (χ4n) is 3.69. The van der Waals surface area contributed by atoms with E-state index < -0.39 is 0 Å². The molecule has 32 heavy (non-hydrogen) atoms. The van der Waals surface area contributed by atoms with Gasteiger partial charge in [0, 0.05) is 5.69 Å². The summed E-state index contributed by atoms with van der Waals surface area (Å²) in [4.78, 5) is 30.7. The maximum atomic E-state index is 13.3. The lowest BCUT2D eigenvalue weighted by molar-refractivity contribution is -0.113. The molecule has 0 radical (unpaired) electrons. The lowest BCUT2D eigenvalue weighted by atomic mass is 10.1. The molecule has 1 amide bonds. The Bertz CT molecular complexity index is 1320. The number of nitrogens with zero attached hydrogens (tertiary/aromatic N) is 2. The Morgan fingerprint density at radius 1 is 1.00 bits per heavy atom. The Morgan fingerprint density at radius 3 is 2.38 bits per heavy atom. The minimum absolute atomic E-state index is 0.142. The Hall–Kier alpha value is -3.38. The van der Waals surface area contributed by atoms with Gasteiger partial charge in [0.05, 0.1) is 22.3 Å². The van der Waals surface area contributed by atoms with Gasteiger partial charge >= 0.3 is 0 Å². The van der Waals surface area contributed by atoms with E-state index in [2.05, 4.69) is 18.3 Å². The van der Waals surface area contributed by atoms with Crippen LogP contribution < -0.4 is 10.9 Å². The zero-order valence-corrected chi connectivity index (χ0v) is 19.2. The highest BCUT2D eigenvalue weighted by molar-refractivity contribution is 7.99. The summed E-state index contributed by atoms with van der Waals surface area (Å²) in [6.07, 6.45) is 0.922. The molecule has 0 aliphatic heterocycles. The SMILES string of the molecule is CCc1ccc(-n2c(SCC(=O)Nc3cc(C)cc(C)c3)nc3ccccc3c2=O)cc1. The quantitative estimate of drug-likeness (QED) is 0.325. The van der Waals surface area contributed by atoms with Crippen LogP contribution in [0.25, 0.3) is 16.6 Å². The van der Waals surface area contributed by atoms with Crippen molar-refractivity contribution in [2.45, 2.75) is 32.3 Å². The van der Waals surface area contributed by atoms with Crippen molar-refractivity contribution < 1.29 is 4.79 Å². The van der Waals surface area contributed by atoms with Gasteiger partial charge in [0.2, 0.25) is 5.91 Å². The van der Waals surface area contributed by atoms with Crippen molar-refractivity contribution in [2.75, 3.05) is 11.1 Å². The number of anilines is 1. The van der Waals surface area contributed by atoms with Crippen molar-refractivity contribution in [1.29, 1.82) is 0 Å². The minimum Gasteiger partial charge on any atom is -0.325 e. The van der Waals surface area contributed by atoms with Crippen LogP contribution in [0, 0.1) is 13.8 Å². The first-order chi connectivity index (χ1) is 15.4. The number of aryl methyl sites for hydroxylation is 3. The highest BCUT2D eigenvalue weighted by Crippen LogP contribution is 2.22. The number of amides is 1. The van der Waals surface area contributed by atoms with E-state index >= 15 is 0 Å². The number of para-hydroxylation sites is 1. The van der Waals surface area contributed by atoms with Gasteiger partial charge in [0.1, 0.15) is 0 Å². The maximum Gasteiger partial charge on any atom is 0.266 e. The topological polar surface area (TPSA) is 64.0 Å². The first-order valence-electron chi connectivity index (χ1n) is 10.6. The smallest absolute Gasteiger partial charge is 0.266 e. The number of carbonyl (C=O) groups excluding carboxylic acids is 1. The predicted octanol–water partition coefficient (Wildman–Crippen LogP) is 5.30. The van der Waals surface area contributed by atoms with Gasteiger partial charge in [0.15, 0.2) is 5.16 Å². The standard InChI is InChI=1S/C26H25N3O2S/c1-4-19-9-11-21(12-10-19)29-25(31)22-7-5-6-8-23(22)28-26(29)32-16-24(30)27-20-14-17(2)13-18(3)15-20/h5-15H,4,16H2,1-3H3,(H,27,30). The van der Waals surface area contributed by atoms with E-state index in [1.165, 1.54) is 17.3 Å². The second kappa shape index (κ2) is 9.40. The summed E-state index contributed by atoms with van der Waals surface area (Å²) < 4.78 is 1.59. The van der Waals surface area contributed by atoms with Gasteiger partial charge in [0.25, 0.3) is 5.56 Å². The van der Waals surface area contributed by atoms with Crippen LogP contribution >= 0.6 is 11.8 Å². The molecule has 4 rings (SSSR count). The fraction of sp³-hybridized carbons (Fsp3) is 0.192. The van der Waals surface area contributed by atoms with Gasteiger partial charge in [-0.15, -0.1) is 0 Å². The van der Waals surface area contributed by atoms with Gasteiger partial charge in [-0.1, -0.05) is 49.0 Å². The van der Waals surface area contributed by atoms with E-state index in [-0.39, 0.29) is 17.2 Å². The largest absolute Gasteiger partial charge is 0.325 e. The molecular weight excluding hydrogens is 418 g/mol. The third-order valence-electron chi connectivity index (χ3n) is 5.19. The highest BCUT2D eigenvalue weighted by atomic mass is 32.2. The predicted molar refractivity (Wildman–Crippen MR) is 132 cm³/mol. The zero-order valence-electron chi connectivity index (χ0n) is 18.4. The lowest BCUT2D eigenvalue weighted by Gasteiger charge is -2.14. The number of aromatic nitrogens is 2. The average Bonchev–Trinajstić information content (AvgIpc) is 2.77. The van der Waals surface area contributed by atoms with E-state index in [1.807, 2.05) is 68.4 Å². The molecule has 0 atom stereocenters. The Balaban J connectivity index is 1.66. The number of thioether (sulfide) groups is 1. The first-order valence-corrected chi connectivity index (χ1v) is 11.5.